The third kappa shape index (κ3) is 4.49. The molecule has 1 heterocycles. The van der Waals surface area contributed by atoms with Crippen LogP contribution in [0.5, 0.6) is 0 Å². The Balaban J connectivity index is 1.74. The molecule has 0 aromatic carbocycles. The average molecular weight is 276 g/mol. The van der Waals surface area contributed by atoms with Crippen molar-refractivity contribution in [1.82, 2.24) is 10.3 Å². The number of carbonyl (C=O) groups excluding carboxylic acids is 1. The van der Waals surface area contributed by atoms with Gasteiger partial charge in [0.15, 0.2) is 0 Å². The van der Waals surface area contributed by atoms with E-state index in [-0.39, 0.29) is 5.91 Å². The molecule has 5 nitrogen and oxygen atoms in total. The second-order valence-corrected chi connectivity index (χ2v) is 5.66. The van der Waals surface area contributed by atoms with Crippen molar-refractivity contribution in [2.24, 2.45) is 11.7 Å². The molecule has 5 heteroatoms. The van der Waals surface area contributed by atoms with Crippen LogP contribution in [0.15, 0.2) is 18.3 Å². The molecule has 0 saturated heterocycles. The van der Waals surface area contributed by atoms with Gasteiger partial charge in [-0.05, 0) is 24.0 Å². The Morgan fingerprint density at radius 1 is 1.35 bits per heavy atom. The number of hydrogen-bond acceptors (Lipinski definition) is 4. The summed E-state index contributed by atoms with van der Waals surface area (Å²) in [7, 11) is 0. The van der Waals surface area contributed by atoms with Gasteiger partial charge >= 0.3 is 0 Å². The van der Waals surface area contributed by atoms with E-state index in [1.165, 1.54) is 32.1 Å². The van der Waals surface area contributed by atoms with Crippen LogP contribution in [-0.4, -0.2) is 16.9 Å². The first kappa shape index (κ1) is 14.8. The molecule has 5 N–H and O–H groups in total. The van der Waals surface area contributed by atoms with E-state index in [1.807, 2.05) is 6.07 Å². The van der Waals surface area contributed by atoms with Gasteiger partial charge < -0.3 is 16.8 Å². The fourth-order valence-corrected chi connectivity index (χ4v) is 2.75. The topological polar surface area (TPSA) is 94.0 Å². The summed E-state index contributed by atoms with van der Waals surface area (Å²) >= 11 is 0. The molecule has 2 rings (SSSR count). The van der Waals surface area contributed by atoms with Crippen LogP contribution < -0.4 is 16.8 Å². The molecule has 1 aromatic heterocycles. The van der Waals surface area contributed by atoms with Crippen LogP contribution in [0.3, 0.4) is 0 Å². The van der Waals surface area contributed by atoms with Crippen molar-refractivity contribution in [3.63, 3.8) is 0 Å². The normalized spacial score (nSPS) is 17.6. The third-order valence-corrected chi connectivity index (χ3v) is 3.96. The van der Waals surface area contributed by atoms with Gasteiger partial charge in [0.25, 0.3) is 0 Å². The number of carbonyl (C=O) groups is 1. The monoisotopic (exact) mass is 276 g/mol. The standard InChI is InChI=1S/C15H24N4O/c16-13(8-11-4-2-1-3-5-11)15(20)19-10-12-6-7-14(17)18-9-12/h6-7,9,11,13H,1-5,8,10,16H2,(H2,17,18)(H,19,20)/t13-/m0/s1. The first-order valence-corrected chi connectivity index (χ1v) is 7.39. The van der Waals surface area contributed by atoms with Gasteiger partial charge in [0.05, 0.1) is 6.04 Å². The number of nitrogens with two attached hydrogens (primary N) is 2. The number of hydrogen-bond donors (Lipinski definition) is 3. The van der Waals surface area contributed by atoms with Crippen molar-refractivity contribution in [1.29, 1.82) is 0 Å². The maximum Gasteiger partial charge on any atom is 0.237 e. The second-order valence-electron chi connectivity index (χ2n) is 5.66. The van der Waals surface area contributed by atoms with E-state index in [1.54, 1.807) is 12.3 Å². The zero-order chi connectivity index (χ0) is 14.4. The summed E-state index contributed by atoms with van der Waals surface area (Å²) < 4.78 is 0. The van der Waals surface area contributed by atoms with Crippen LogP contribution >= 0.6 is 0 Å². The minimum atomic E-state index is -0.403. The van der Waals surface area contributed by atoms with Crippen LogP contribution in [0.1, 0.15) is 44.1 Å². The predicted molar refractivity (Wildman–Crippen MR) is 79.7 cm³/mol. The number of aromatic nitrogens is 1. The molecule has 1 aliphatic rings. The minimum absolute atomic E-state index is 0.0765. The quantitative estimate of drug-likeness (QED) is 0.761. The number of nitrogen functional groups attached to an aromatic ring is 1. The van der Waals surface area contributed by atoms with Gasteiger partial charge in [0.1, 0.15) is 5.82 Å². The molecule has 1 aromatic rings. The zero-order valence-corrected chi connectivity index (χ0v) is 11.8. The van der Waals surface area contributed by atoms with Crippen molar-refractivity contribution in [2.45, 2.75) is 51.1 Å². The van der Waals surface area contributed by atoms with Crippen LogP contribution in [0.2, 0.25) is 0 Å². The number of anilines is 1. The van der Waals surface area contributed by atoms with Crippen molar-refractivity contribution in [3.05, 3.63) is 23.9 Å². The van der Waals surface area contributed by atoms with Gasteiger partial charge in [-0.25, -0.2) is 4.98 Å². The van der Waals surface area contributed by atoms with E-state index < -0.39 is 6.04 Å². The van der Waals surface area contributed by atoms with Crippen LogP contribution in [0, 0.1) is 5.92 Å². The first-order valence-electron chi connectivity index (χ1n) is 7.39. The Morgan fingerprint density at radius 2 is 2.10 bits per heavy atom. The zero-order valence-electron chi connectivity index (χ0n) is 11.8. The predicted octanol–water partition coefficient (Wildman–Crippen LogP) is 1.58. The maximum absolute atomic E-state index is 12.0. The van der Waals surface area contributed by atoms with Crippen LogP contribution in [0.4, 0.5) is 5.82 Å². The molecule has 0 unspecified atom stereocenters. The summed E-state index contributed by atoms with van der Waals surface area (Å²) in [5, 5.41) is 2.86. The molecule has 0 aliphatic heterocycles. The Kier molecular flexibility index (Phi) is 5.35. The molecular formula is C15H24N4O. The lowest BCUT2D eigenvalue weighted by molar-refractivity contribution is -0.122. The van der Waals surface area contributed by atoms with E-state index in [0.29, 0.717) is 18.3 Å². The lowest BCUT2D eigenvalue weighted by atomic mass is 9.85. The fraction of sp³-hybridized carbons (Fsp3) is 0.600. The minimum Gasteiger partial charge on any atom is -0.384 e. The number of rotatable bonds is 5. The molecule has 1 atom stereocenters. The molecule has 110 valence electrons. The highest BCUT2D eigenvalue weighted by Crippen LogP contribution is 2.26. The Labute approximate surface area is 120 Å². The number of nitrogens with zero attached hydrogens (tertiary/aromatic N) is 1. The van der Waals surface area contributed by atoms with E-state index >= 15 is 0 Å². The van der Waals surface area contributed by atoms with E-state index in [0.717, 1.165) is 12.0 Å². The van der Waals surface area contributed by atoms with Crippen molar-refractivity contribution < 1.29 is 4.79 Å². The number of nitrogens with one attached hydrogen (secondary N) is 1. The molecule has 1 saturated carbocycles. The largest absolute Gasteiger partial charge is 0.384 e. The second kappa shape index (κ2) is 7.24. The third-order valence-electron chi connectivity index (χ3n) is 3.96. The van der Waals surface area contributed by atoms with Gasteiger partial charge in [-0.15, -0.1) is 0 Å². The summed E-state index contributed by atoms with van der Waals surface area (Å²) in [6.07, 6.45) is 8.76. The first-order chi connectivity index (χ1) is 9.65. The van der Waals surface area contributed by atoms with Crippen molar-refractivity contribution in [2.75, 3.05) is 5.73 Å². The molecule has 1 amide bonds. The number of amides is 1. The Morgan fingerprint density at radius 3 is 2.75 bits per heavy atom. The molecule has 1 aliphatic carbocycles. The smallest absolute Gasteiger partial charge is 0.237 e. The Hall–Kier alpha value is -1.62. The van der Waals surface area contributed by atoms with E-state index in [2.05, 4.69) is 10.3 Å². The van der Waals surface area contributed by atoms with Crippen LogP contribution in [0.25, 0.3) is 0 Å². The highest BCUT2D eigenvalue weighted by molar-refractivity contribution is 5.81. The molecule has 20 heavy (non-hydrogen) atoms. The van der Waals surface area contributed by atoms with E-state index in [9.17, 15) is 4.79 Å². The Bertz CT molecular complexity index is 426. The molecule has 0 radical (unpaired) electrons. The van der Waals surface area contributed by atoms with Crippen molar-refractivity contribution in [3.8, 4) is 0 Å². The molecule has 1 fully saturated rings. The summed E-state index contributed by atoms with van der Waals surface area (Å²) in [5.74, 6) is 1.02. The van der Waals surface area contributed by atoms with Crippen LogP contribution in [-0.2, 0) is 11.3 Å². The molecule has 0 spiro atoms. The van der Waals surface area contributed by atoms with Gasteiger partial charge in [-0.2, -0.15) is 0 Å². The highest BCUT2D eigenvalue weighted by atomic mass is 16.2. The molecular weight excluding hydrogens is 252 g/mol. The summed E-state index contributed by atoms with van der Waals surface area (Å²) in [5.41, 5.74) is 12.4. The van der Waals surface area contributed by atoms with Crippen molar-refractivity contribution >= 4 is 11.7 Å². The highest BCUT2D eigenvalue weighted by Gasteiger charge is 2.20. The lowest BCUT2D eigenvalue weighted by Crippen LogP contribution is -2.41. The lowest BCUT2D eigenvalue weighted by Gasteiger charge is -2.24. The fourth-order valence-electron chi connectivity index (χ4n) is 2.75. The van der Waals surface area contributed by atoms with Gasteiger partial charge in [-0.1, -0.05) is 38.2 Å². The van der Waals surface area contributed by atoms with E-state index in [4.69, 9.17) is 11.5 Å². The maximum atomic E-state index is 12.0. The summed E-state index contributed by atoms with van der Waals surface area (Å²) in [6, 6.07) is 3.18. The molecule has 0 bridgehead atoms. The SMILES string of the molecule is Nc1ccc(CNC(=O)[C@@H](N)CC2CCCCC2)cn1. The summed E-state index contributed by atoms with van der Waals surface area (Å²) in [6.45, 7) is 0.449. The average Bonchev–Trinajstić information content (AvgIpc) is 2.47. The van der Waals surface area contributed by atoms with Gasteiger partial charge in [0, 0.05) is 12.7 Å². The summed E-state index contributed by atoms with van der Waals surface area (Å²) in [4.78, 5) is 16.0. The van der Waals surface area contributed by atoms with Gasteiger partial charge in [0.2, 0.25) is 5.91 Å². The number of pyridine rings is 1. The van der Waals surface area contributed by atoms with Gasteiger partial charge in [-0.3, -0.25) is 4.79 Å².